The van der Waals surface area contributed by atoms with Gasteiger partial charge in [-0.05, 0) is 36.8 Å². The van der Waals surface area contributed by atoms with Crippen LogP contribution in [0.3, 0.4) is 0 Å². The lowest BCUT2D eigenvalue weighted by atomic mass is 9.90. The molecule has 1 saturated heterocycles. The minimum absolute atomic E-state index is 0.0229. The molecule has 14 heteroatoms. The third kappa shape index (κ3) is 4.59. The van der Waals surface area contributed by atoms with Gasteiger partial charge < -0.3 is 20.1 Å². The van der Waals surface area contributed by atoms with Gasteiger partial charge in [0.25, 0.3) is 0 Å². The largest absolute Gasteiger partial charge is 0.396 e. The Morgan fingerprint density at radius 1 is 0.973 bits per heavy atom. The SMILES string of the molecule is OCC[C@H]1O[C@@H](c2nncn2-c2cccc(F)c2)[C@H](O)[C@@H](n2cc(-c3cc(F)c(F)c(F)c3)nn2)[C@H]1O. The third-order valence-corrected chi connectivity index (χ3v) is 6.14. The van der Waals surface area contributed by atoms with Crippen LogP contribution in [-0.2, 0) is 4.74 Å². The number of rotatable bonds is 6. The molecule has 1 aliphatic heterocycles. The van der Waals surface area contributed by atoms with Crippen molar-refractivity contribution in [2.75, 3.05) is 6.61 Å². The average molecular weight is 520 g/mol. The Balaban J connectivity index is 1.52. The smallest absolute Gasteiger partial charge is 0.194 e. The van der Waals surface area contributed by atoms with Gasteiger partial charge in [-0.2, -0.15) is 0 Å². The van der Waals surface area contributed by atoms with Gasteiger partial charge in [-0.1, -0.05) is 11.3 Å². The van der Waals surface area contributed by atoms with E-state index in [1.807, 2.05) is 0 Å². The van der Waals surface area contributed by atoms with E-state index in [1.165, 1.54) is 35.3 Å². The maximum atomic E-state index is 13.8. The van der Waals surface area contributed by atoms with E-state index >= 15 is 0 Å². The zero-order valence-electron chi connectivity index (χ0n) is 18.9. The predicted octanol–water partition coefficient (Wildman–Crippen LogP) is 1.87. The van der Waals surface area contributed by atoms with E-state index in [2.05, 4.69) is 20.5 Å². The van der Waals surface area contributed by atoms with Gasteiger partial charge in [0.15, 0.2) is 23.3 Å². The molecule has 10 nitrogen and oxygen atoms in total. The van der Waals surface area contributed by atoms with Crippen LogP contribution in [0, 0.1) is 23.3 Å². The van der Waals surface area contributed by atoms with Crippen LogP contribution in [0.1, 0.15) is 24.4 Å². The van der Waals surface area contributed by atoms with Crippen LogP contribution >= 0.6 is 0 Å². The first-order chi connectivity index (χ1) is 17.8. The molecule has 0 amide bonds. The highest BCUT2D eigenvalue weighted by Gasteiger charge is 2.48. The molecule has 2 aromatic heterocycles. The second-order valence-corrected chi connectivity index (χ2v) is 8.46. The van der Waals surface area contributed by atoms with Crippen LogP contribution < -0.4 is 0 Å². The number of aliphatic hydroxyl groups excluding tert-OH is 3. The molecule has 5 atom stereocenters. The number of hydrogen-bond acceptors (Lipinski definition) is 8. The minimum atomic E-state index is -1.64. The molecule has 37 heavy (non-hydrogen) atoms. The Bertz CT molecular complexity index is 1390. The molecular weight excluding hydrogens is 500 g/mol. The molecule has 0 bridgehead atoms. The monoisotopic (exact) mass is 520 g/mol. The van der Waals surface area contributed by atoms with Crippen molar-refractivity contribution in [3.8, 4) is 16.9 Å². The number of aliphatic hydroxyl groups is 3. The molecule has 0 spiro atoms. The summed E-state index contributed by atoms with van der Waals surface area (Å²) in [5.74, 6) is -4.91. The summed E-state index contributed by atoms with van der Waals surface area (Å²) < 4.78 is 63.1. The van der Waals surface area contributed by atoms with Gasteiger partial charge in [-0.3, -0.25) is 4.57 Å². The molecule has 194 valence electrons. The zero-order valence-corrected chi connectivity index (χ0v) is 18.9. The van der Waals surface area contributed by atoms with Gasteiger partial charge in [0.2, 0.25) is 0 Å². The molecule has 5 rings (SSSR count). The third-order valence-electron chi connectivity index (χ3n) is 6.14. The van der Waals surface area contributed by atoms with E-state index in [0.29, 0.717) is 5.69 Å². The molecule has 4 aromatic rings. The molecule has 3 N–H and O–H groups in total. The number of halogens is 4. The quantitative estimate of drug-likeness (QED) is 0.260. The molecule has 0 saturated carbocycles. The summed E-state index contributed by atoms with van der Waals surface area (Å²) in [6.07, 6.45) is -2.65. The number of benzene rings is 2. The maximum absolute atomic E-state index is 13.8. The van der Waals surface area contributed by atoms with Crippen LogP contribution in [0.25, 0.3) is 16.9 Å². The Labute approximate surface area is 206 Å². The minimum Gasteiger partial charge on any atom is -0.396 e. The van der Waals surface area contributed by atoms with Crippen LogP contribution in [0.15, 0.2) is 48.9 Å². The van der Waals surface area contributed by atoms with Gasteiger partial charge >= 0.3 is 0 Å². The summed E-state index contributed by atoms with van der Waals surface area (Å²) >= 11 is 0. The lowest BCUT2D eigenvalue weighted by Gasteiger charge is -2.42. The van der Waals surface area contributed by atoms with Crippen LogP contribution in [-0.4, -0.2) is 70.0 Å². The van der Waals surface area contributed by atoms with E-state index < -0.39 is 53.7 Å². The van der Waals surface area contributed by atoms with Crippen molar-refractivity contribution in [1.29, 1.82) is 0 Å². The van der Waals surface area contributed by atoms with Gasteiger partial charge in [-0.25, -0.2) is 22.2 Å². The normalized spacial score (nSPS) is 23.9. The van der Waals surface area contributed by atoms with E-state index in [4.69, 9.17) is 4.74 Å². The number of hydrogen-bond donors (Lipinski definition) is 3. The first-order valence-electron chi connectivity index (χ1n) is 11.1. The number of ether oxygens (including phenoxy) is 1. The van der Waals surface area contributed by atoms with Crippen molar-refractivity contribution in [3.05, 3.63) is 78.0 Å². The fraction of sp³-hybridized carbons (Fsp3) is 0.304. The van der Waals surface area contributed by atoms with Crippen molar-refractivity contribution < 1.29 is 37.6 Å². The summed E-state index contributed by atoms with van der Waals surface area (Å²) in [5.41, 5.74) is 0.176. The van der Waals surface area contributed by atoms with Crippen molar-refractivity contribution >= 4 is 0 Å². The Morgan fingerprint density at radius 2 is 1.73 bits per heavy atom. The summed E-state index contributed by atoms with van der Waals surface area (Å²) in [7, 11) is 0. The van der Waals surface area contributed by atoms with E-state index in [-0.39, 0.29) is 30.1 Å². The zero-order chi connectivity index (χ0) is 26.3. The Morgan fingerprint density at radius 3 is 2.43 bits per heavy atom. The van der Waals surface area contributed by atoms with Crippen molar-refractivity contribution in [3.63, 3.8) is 0 Å². The van der Waals surface area contributed by atoms with E-state index in [1.54, 1.807) is 6.07 Å². The molecule has 2 aromatic carbocycles. The average Bonchev–Trinajstić information content (AvgIpc) is 3.55. The molecule has 3 heterocycles. The fourth-order valence-electron chi connectivity index (χ4n) is 4.36. The fourth-order valence-corrected chi connectivity index (χ4v) is 4.36. The molecule has 0 unspecified atom stereocenters. The van der Waals surface area contributed by atoms with Crippen LogP contribution in [0.4, 0.5) is 17.6 Å². The van der Waals surface area contributed by atoms with Crippen LogP contribution in [0.5, 0.6) is 0 Å². The second-order valence-electron chi connectivity index (χ2n) is 8.46. The molecule has 0 aliphatic carbocycles. The maximum Gasteiger partial charge on any atom is 0.194 e. The Kier molecular flexibility index (Phi) is 6.72. The summed E-state index contributed by atoms with van der Waals surface area (Å²) in [5, 5.41) is 47.4. The van der Waals surface area contributed by atoms with Crippen LogP contribution in [0.2, 0.25) is 0 Å². The molecule has 1 fully saturated rings. The molecular formula is C23H20F4N6O4. The lowest BCUT2D eigenvalue weighted by molar-refractivity contribution is -0.205. The van der Waals surface area contributed by atoms with Crippen molar-refractivity contribution in [2.24, 2.45) is 0 Å². The summed E-state index contributed by atoms with van der Waals surface area (Å²) in [6, 6.07) is 5.81. The Hall–Kier alpha value is -3.72. The first kappa shape index (κ1) is 25.0. The first-order valence-corrected chi connectivity index (χ1v) is 11.1. The number of aromatic nitrogens is 6. The summed E-state index contributed by atoms with van der Waals surface area (Å²) in [6.45, 7) is -0.357. The van der Waals surface area contributed by atoms with Crippen molar-refractivity contribution in [2.45, 2.75) is 36.9 Å². The highest BCUT2D eigenvalue weighted by molar-refractivity contribution is 5.58. The molecule has 0 radical (unpaired) electrons. The second kappa shape index (κ2) is 9.97. The van der Waals surface area contributed by atoms with Gasteiger partial charge in [-0.15, -0.1) is 15.3 Å². The van der Waals surface area contributed by atoms with Gasteiger partial charge in [0.1, 0.15) is 42.2 Å². The predicted molar refractivity (Wildman–Crippen MR) is 117 cm³/mol. The highest BCUT2D eigenvalue weighted by Crippen LogP contribution is 2.39. The number of nitrogens with zero attached hydrogens (tertiary/aromatic N) is 6. The lowest BCUT2D eigenvalue weighted by Crippen LogP contribution is -2.52. The summed E-state index contributed by atoms with van der Waals surface area (Å²) in [4.78, 5) is 0. The topological polar surface area (TPSA) is 131 Å². The van der Waals surface area contributed by atoms with Gasteiger partial charge in [0, 0.05) is 12.2 Å². The van der Waals surface area contributed by atoms with E-state index in [9.17, 15) is 32.9 Å². The van der Waals surface area contributed by atoms with E-state index in [0.717, 1.165) is 16.8 Å². The van der Waals surface area contributed by atoms with Crippen molar-refractivity contribution in [1.82, 2.24) is 29.8 Å². The van der Waals surface area contributed by atoms with Gasteiger partial charge in [0.05, 0.1) is 18.0 Å². The molecule has 1 aliphatic rings. The standard InChI is InChI=1S/C23H20F4N6O4/c24-12-2-1-3-13(8-12)32-10-28-30-23(32)22-21(36)19(20(35)17(37-22)4-5-34)33-9-16(29-31-33)11-6-14(25)18(27)15(26)7-11/h1-3,6-10,17,19-22,34-36H,4-5H2/t17-,19+,20+,21-,22-/m1/s1. The highest BCUT2D eigenvalue weighted by atomic mass is 19.2.